The summed E-state index contributed by atoms with van der Waals surface area (Å²) >= 11 is 0. The lowest BCUT2D eigenvalue weighted by molar-refractivity contribution is 0.0296. The third-order valence-electron chi connectivity index (χ3n) is 2.73. The van der Waals surface area contributed by atoms with Crippen LogP contribution in [0.1, 0.15) is 48.0 Å². The van der Waals surface area contributed by atoms with Crippen LogP contribution >= 0.6 is 0 Å². The van der Waals surface area contributed by atoms with Gasteiger partial charge in [-0.1, -0.05) is 20.8 Å². The van der Waals surface area contributed by atoms with Crippen molar-refractivity contribution in [3.63, 3.8) is 0 Å². The Morgan fingerprint density at radius 2 is 1.85 bits per heavy atom. The second kappa shape index (κ2) is 14.5. The Hall–Kier alpha value is -0.910. The summed E-state index contributed by atoms with van der Waals surface area (Å²) in [5.74, 6) is 6.14. The maximum atomic E-state index is 5.09. The third kappa shape index (κ3) is 9.95. The van der Waals surface area contributed by atoms with E-state index in [9.17, 15) is 0 Å². The highest BCUT2D eigenvalue weighted by atomic mass is 16.6. The summed E-state index contributed by atoms with van der Waals surface area (Å²) in [6.07, 6.45) is 2.89. The fraction of sp³-hybridized carbons (Fsp3) is 0.800. The highest BCUT2D eigenvalue weighted by Crippen LogP contribution is 2.10. The molecule has 0 rings (SSSR count). The predicted octanol–water partition coefficient (Wildman–Crippen LogP) is 2.85. The zero-order valence-corrected chi connectivity index (χ0v) is 14.4. The lowest BCUT2D eigenvalue weighted by Crippen LogP contribution is -2.31. The summed E-state index contributed by atoms with van der Waals surface area (Å²) in [5, 5.41) is 0. The minimum atomic E-state index is 0.489. The second-order valence-electron chi connectivity index (χ2n) is 4.49. The molecule has 20 heavy (non-hydrogen) atoms. The van der Waals surface area contributed by atoms with E-state index in [1.807, 2.05) is 27.0 Å². The van der Waals surface area contributed by atoms with E-state index in [1.54, 1.807) is 0 Å². The SMILES string of the molecule is C/C=N\C(=C(C)C)N(C)CCCN(CC)CON.CC. The number of hydrogen-bond acceptors (Lipinski definition) is 5. The Labute approximate surface area is 125 Å². The van der Waals surface area contributed by atoms with Crippen LogP contribution in [0.5, 0.6) is 0 Å². The minimum absolute atomic E-state index is 0.489. The van der Waals surface area contributed by atoms with E-state index in [2.05, 4.69) is 47.4 Å². The zero-order valence-electron chi connectivity index (χ0n) is 14.4. The molecule has 0 fully saturated rings. The maximum absolute atomic E-state index is 5.09. The topological polar surface area (TPSA) is 54.1 Å². The van der Waals surface area contributed by atoms with E-state index in [4.69, 9.17) is 5.90 Å². The van der Waals surface area contributed by atoms with Crippen LogP contribution in [0.15, 0.2) is 16.4 Å². The molecule has 0 spiro atoms. The second-order valence-corrected chi connectivity index (χ2v) is 4.49. The number of hydrogen-bond donors (Lipinski definition) is 1. The number of allylic oxidation sites excluding steroid dienone is 1. The molecule has 0 heterocycles. The van der Waals surface area contributed by atoms with Crippen LogP contribution in [0.4, 0.5) is 0 Å². The average molecular weight is 286 g/mol. The molecule has 0 unspecified atom stereocenters. The van der Waals surface area contributed by atoms with Gasteiger partial charge in [0.2, 0.25) is 0 Å². The van der Waals surface area contributed by atoms with Gasteiger partial charge in [-0.25, -0.2) is 10.9 Å². The molecule has 0 aromatic heterocycles. The molecule has 0 atom stereocenters. The van der Waals surface area contributed by atoms with Gasteiger partial charge >= 0.3 is 0 Å². The molecule has 2 N–H and O–H groups in total. The summed E-state index contributed by atoms with van der Waals surface area (Å²) < 4.78 is 0. The Morgan fingerprint density at radius 3 is 2.25 bits per heavy atom. The first-order chi connectivity index (χ1) is 9.56. The highest BCUT2D eigenvalue weighted by molar-refractivity contribution is 5.55. The average Bonchev–Trinajstić information content (AvgIpc) is 2.45. The molecular formula is C15H34N4O. The lowest BCUT2D eigenvalue weighted by Gasteiger charge is -2.23. The van der Waals surface area contributed by atoms with Crippen LogP contribution in [0, 0.1) is 0 Å². The molecule has 120 valence electrons. The van der Waals surface area contributed by atoms with Crippen molar-refractivity contribution in [1.82, 2.24) is 9.80 Å². The van der Waals surface area contributed by atoms with Gasteiger partial charge in [-0.05, 0) is 39.3 Å². The molecule has 5 heteroatoms. The van der Waals surface area contributed by atoms with Crippen molar-refractivity contribution in [3.8, 4) is 0 Å². The molecule has 0 aliphatic rings. The molecule has 0 saturated carbocycles. The quantitative estimate of drug-likeness (QED) is 0.402. The summed E-state index contributed by atoms with van der Waals surface area (Å²) in [5.41, 5.74) is 1.23. The van der Waals surface area contributed by atoms with Crippen LogP contribution in [-0.4, -0.2) is 49.4 Å². The number of nitrogens with two attached hydrogens (primary N) is 1. The van der Waals surface area contributed by atoms with Crippen LogP contribution in [0.25, 0.3) is 0 Å². The van der Waals surface area contributed by atoms with Crippen molar-refractivity contribution in [2.45, 2.75) is 48.0 Å². The van der Waals surface area contributed by atoms with Gasteiger partial charge in [-0.2, -0.15) is 0 Å². The Bertz CT molecular complexity index is 273. The molecular weight excluding hydrogens is 252 g/mol. The van der Waals surface area contributed by atoms with Crippen LogP contribution in [0.2, 0.25) is 0 Å². The zero-order chi connectivity index (χ0) is 16.0. The summed E-state index contributed by atoms with van der Waals surface area (Å²) in [7, 11) is 2.07. The van der Waals surface area contributed by atoms with Crippen molar-refractivity contribution in [2.24, 2.45) is 10.9 Å². The fourth-order valence-electron chi connectivity index (χ4n) is 1.79. The number of aliphatic imine (C=N–C) groups is 1. The van der Waals surface area contributed by atoms with Gasteiger partial charge in [0.15, 0.2) is 0 Å². The largest absolute Gasteiger partial charge is 0.360 e. The van der Waals surface area contributed by atoms with Crippen LogP contribution in [-0.2, 0) is 4.84 Å². The van der Waals surface area contributed by atoms with Crippen LogP contribution in [0.3, 0.4) is 0 Å². The van der Waals surface area contributed by atoms with E-state index in [-0.39, 0.29) is 0 Å². The fourth-order valence-corrected chi connectivity index (χ4v) is 1.79. The number of rotatable bonds is 9. The minimum Gasteiger partial charge on any atom is -0.360 e. The first-order valence-corrected chi connectivity index (χ1v) is 7.48. The monoisotopic (exact) mass is 286 g/mol. The Balaban J connectivity index is 0. The van der Waals surface area contributed by atoms with E-state index < -0.39 is 0 Å². The van der Waals surface area contributed by atoms with Crippen LogP contribution < -0.4 is 5.90 Å². The molecule has 0 radical (unpaired) electrons. The summed E-state index contributed by atoms with van der Waals surface area (Å²) in [6.45, 7) is 15.6. The normalized spacial score (nSPS) is 10.4. The predicted molar refractivity (Wildman–Crippen MR) is 88.5 cm³/mol. The van der Waals surface area contributed by atoms with Crippen molar-refractivity contribution in [1.29, 1.82) is 0 Å². The molecule has 0 bridgehead atoms. The van der Waals surface area contributed by atoms with Crippen molar-refractivity contribution >= 4 is 6.21 Å². The van der Waals surface area contributed by atoms with Gasteiger partial charge in [0, 0.05) is 26.4 Å². The van der Waals surface area contributed by atoms with Gasteiger partial charge in [0.05, 0.1) is 0 Å². The first kappa shape index (κ1) is 21.4. The molecule has 0 aromatic rings. The lowest BCUT2D eigenvalue weighted by atomic mass is 10.3. The van der Waals surface area contributed by atoms with E-state index in [0.29, 0.717) is 6.73 Å². The van der Waals surface area contributed by atoms with Crippen molar-refractivity contribution in [3.05, 3.63) is 11.4 Å². The molecule has 0 amide bonds. The third-order valence-corrected chi connectivity index (χ3v) is 2.73. The first-order valence-electron chi connectivity index (χ1n) is 7.48. The van der Waals surface area contributed by atoms with Gasteiger partial charge in [0.25, 0.3) is 0 Å². The molecule has 5 nitrogen and oxygen atoms in total. The van der Waals surface area contributed by atoms with E-state index in [0.717, 1.165) is 31.9 Å². The number of nitrogens with zero attached hydrogens (tertiary/aromatic N) is 3. The molecule has 0 aliphatic heterocycles. The van der Waals surface area contributed by atoms with Gasteiger partial charge in [-0.15, -0.1) is 0 Å². The van der Waals surface area contributed by atoms with E-state index >= 15 is 0 Å². The van der Waals surface area contributed by atoms with Crippen molar-refractivity contribution < 1.29 is 4.84 Å². The molecule has 0 aliphatic carbocycles. The highest BCUT2D eigenvalue weighted by Gasteiger charge is 2.06. The van der Waals surface area contributed by atoms with Gasteiger partial charge in [-0.3, -0.25) is 9.74 Å². The van der Waals surface area contributed by atoms with Crippen molar-refractivity contribution in [2.75, 3.05) is 33.4 Å². The van der Waals surface area contributed by atoms with Gasteiger partial charge in [0.1, 0.15) is 12.6 Å². The summed E-state index contributed by atoms with van der Waals surface area (Å²) in [4.78, 5) is 13.4. The smallest absolute Gasteiger partial charge is 0.126 e. The van der Waals surface area contributed by atoms with E-state index in [1.165, 1.54) is 5.57 Å². The summed E-state index contributed by atoms with van der Waals surface area (Å²) in [6, 6.07) is 0. The molecule has 0 aromatic carbocycles. The Morgan fingerprint density at radius 1 is 1.25 bits per heavy atom. The standard InChI is InChI=1S/C13H28N4O.C2H6/c1-6-15-13(12(3)4)16(5)9-8-10-17(7-2)11-18-14;1-2/h6H,7-11,14H2,1-5H3;1-2H3/b15-6-;. The molecule has 0 saturated heterocycles. The van der Waals surface area contributed by atoms with Gasteiger partial charge < -0.3 is 4.90 Å². The maximum Gasteiger partial charge on any atom is 0.126 e. The Kier molecular flexibility index (Phi) is 15.5.